The number of anilines is 1. The minimum atomic E-state index is -0.590. The second kappa shape index (κ2) is 7.99. The van der Waals surface area contributed by atoms with Gasteiger partial charge >= 0.3 is 6.09 Å². The fourth-order valence-corrected chi connectivity index (χ4v) is 4.40. The number of halogens is 1. The summed E-state index contributed by atoms with van der Waals surface area (Å²) < 4.78 is 6.33. The Hall–Kier alpha value is -2.47. The lowest BCUT2D eigenvalue weighted by Gasteiger charge is -2.34. The van der Waals surface area contributed by atoms with Crippen molar-refractivity contribution in [1.29, 1.82) is 0 Å². The van der Waals surface area contributed by atoms with Crippen molar-refractivity contribution >= 4 is 40.2 Å². The molecule has 0 radical (unpaired) electrons. The van der Waals surface area contributed by atoms with E-state index in [1.807, 2.05) is 32.0 Å². The molecule has 1 aliphatic heterocycles. The van der Waals surface area contributed by atoms with Crippen LogP contribution in [-0.2, 0) is 15.0 Å². The van der Waals surface area contributed by atoms with Gasteiger partial charge in [0, 0.05) is 32.2 Å². The van der Waals surface area contributed by atoms with Gasteiger partial charge in [-0.3, -0.25) is 0 Å². The maximum Gasteiger partial charge on any atom is 0.410 e. The number of cyclic esters (lactones) is 1. The van der Waals surface area contributed by atoms with Crippen molar-refractivity contribution in [3.63, 3.8) is 0 Å². The Balaban J connectivity index is 1.65. The first kappa shape index (κ1) is 20.8. The van der Waals surface area contributed by atoms with Crippen LogP contribution >= 0.6 is 22.6 Å². The van der Waals surface area contributed by atoms with Gasteiger partial charge in [0.2, 0.25) is 0 Å². The number of nitrogens with zero attached hydrogens (tertiary/aromatic N) is 4. The number of β-amino-alcohol motifs (C(OH)–C–C–N with tert-alkyl or cyclic N) is 1. The topological polar surface area (TPSA) is 123 Å². The van der Waals surface area contributed by atoms with Crippen molar-refractivity contribution in [2.24, 2.45) is 5.16 Å². The van der Waals surface area contributed by atoms with Gasteiger partial charge < -0.3 is 25.3 Å². The van der Waals surface area contributed by atoms with E-state index in [2.05, 4.69) is 37.7 Å². The van der Waals surface area contributed by atoms with E-state index in [0.29, 0.717) is 18.1 Å². The Morgan fingerprint density at radius 3 is 2.97 bits per heavy atom. The van der Waals surface area contributed by atoms with Gasteiger partial charge in [-0.1, -0.05) is 11.2 Å². The zero-order chi connectivity index (χ0) is 21.5. The van der Waals surface area contributed by atoms with E-state index in [-0.39, 0.29) is 19.8 Å². The van der Waals surface area contributed by atoms with Crippen molar-refractivity contribution in [1.82, 2.24) is 14.9 Å². The minimum Gasteiger partial charge on any atom is -0.440 e. The second-order valence-corrected chi connectivity index (χ2v) is 8.95. The Morgan fingerprint density at radius 1 is 1.40 bits per heavy atom. The fourth-order valence-electron chi connectivity index (χ4n) is 3.91. The number of hydrogen-bond acceptors (Lipinski definition) is 8. The number of benzene rings is 1. The van der Waals surface area contributed by atoms with Crippen LogP contribution in [0.2, 0.25) is 0 Å². The van der Waals surface area contributed by atoms with E-state index < -0.39 is 17.6 Å². The van der Waals surface area contributed by atoms with Crippen LogP contribution in [0.15, 0.2) is 29.7 Å². The van der Waals surface area contributed by atoms with Crippen molar-refractivity contribution in [2.75, 3.05) is 32.0 Å². The first-order chi connectivity index (χ1) is 14.3. The predicted molar refractivity (Wildman–Crippen MR) is 119 cm³/mol. The predicted octanol–water partition coefficient (Wildman–Crippen LogP) is 2.16. The number of aliphatic hydroxyl groups excluding tert-OH is 1. The quantitative estimate of drug-likeness (QED) is 0.455. The molecule has 30 heavy (non-hydrogen) atoms. The molecule has 9 nitrogen and oxygen atoms in total. The van der Waals surface area contributed by atoms with E-state index >= 15 is 0 Å². The number of rotatable bonds is 5. The molecule has 1 fully saturated rings. The molecule has 1 aliphatic carbocycles. The van der Waals surface area contributed by atoms with Crippen molar-refractivity contribution in [3.05, 3.63) is 39.2 Å². The van der Waals surface area contributed by atoms with Crippen LogP contribution < -0.4 is 5.73 Å². The number of carbonyl (C=O) groups excluding carboxylic acids is 1. The molecule has 1 aromatic heterocycles. The molecular formula is C20H22IN5O4. The summed E-state index contributed by atoms with van der Waals surface area (Å²) >= 11 is 2.26. The highest BCUT2D eigenvalue weighted by molar-refractivity contribution is 14.1. The van der Waals surface area contributed by atoms with Gasteiger partial charge in [0.05, 0.1) is 24.6 Å². The van der Waals surface area contributed by atoms with Gasteiger partial charge in [0.25, 0.3) is 0 Å². The maximum atomic E-state index is 11.8. The third-order valence-corrected chi connectivity index (χ3v) is 5.99. The normalized spacial score (nSPS) is 20.7. The van der Waals surface area contributed by atoms with Gasteiger partial charge in [-0.05, 0) is 48.6 Å². The number of oxime groups is 1. The number of hydrogen-bond donors (Lipinski definition) is 2. The molecule has 0 spiro atoms. The summed E-state index contributed by atoms with van der Waals surface area (Å²) in [5.41, 5.74) is 9.78. The molecule has 2 heterocycles. The van der Waals surface area contributed by atoms with Crippen LogP contribution in [0.3, 0.4) is 0 Å². The van der Waals surface area contributed by atoms with Crippen molar-refractivity contribution < 1.29 is 19.5 Å². The smallest absolute Gasteiger partial charge is 0.410 e. The van der Waals surface area contributed by atoms with Gasteiger partial charge in [-0.2, -0.15) is 0 Å². The van der Waals surface area contributed by atoms with Crippen LogP contribution in [0, 0.1) is 3.57 Å². The largest absolute Gasteiger partial charge is 0.440 e. The third-order valence-electron chi connectivity index (χ3n) is 5.32. The number of nitrogens with two attached hydrogens (primary N) is 1. The molecule has 0 unspecified atom stereocenters. The summed E-state index contributed by atoms with van der Waals surface area (Å²) in [6.07, 6.45) is 0.565. The Bertz CT molecular complexity index is 1030. The van der Waals surface area contributed by atoms with Gasteiger partial charge in [0.1, 0.15) is 12.1 Å². The average Bonchev–Trinajstić information content (AvgIpc) is 3.03. The zero-order valence-corrected chi connectivity index (χ0v) is 18.8. The van der Waals surface area contributed by atoms with Gasteiger partial charge in [0.15, 0.2) is 12.7 Å². The van der Waals surface area contributed by atoms with Crippen molar-refractivity contribution in [2.45, 2.75) is 25.4 Å². The molecule has 0 bridgehead atoms. The molecule has 2 aliphatic rings. The molecule has 0 saturated carbocycles. The molecule has 1 atom stereocenters. The summed E-state index contributed by atoms with van der Waals surface area (Å²) in [4.78, 5) is 27.6. The molecular weight excluding hydrogens is 501 g/mol. The molecule has 10 heteroatoms. The summed E-state index contributed by atoms with van der Waals surface area (Å²) in [5, 5.41) is 13.5. The number of aromatic nitrogens is 2. The molecule has 1 aromatic carbocycles. The number of ether oxygens (including phenoxy) is 1. The summed E-state index contributed by atoms with van der Waals surface area (Å²) in [5.74, 6) is 0.409. The molecule has 1 amide bonds. The number of amides is 1. The SMILES string of the molecule is CC1(C)/C(=N/OC[C@@H]2CN(CCO)C(=O)O2)c2cc(I)ccc2-c2ncnc(N)c21. The maximum absolute atomic E-state index is 11.8. The van der Waals surface area contributed by atoms with Gasteiger partial charge in [-0.25, -0.2) is 14.8 Å². The Morgan fingerprint density at radius 2 is 2.20 bits per heavy atom. The number of carbonyl (C=O) groups is 1. The highest BCUT2D eigenvalue weighted by Gasteiger charge is 2.41. The number of nitrogen functional groups attached to an aromatic ring is 1. The lowest BCUT2D eigenvalue weighted by Crippen LogP contribution is -2.36. The fraction of sp³-hybridized carbons (Fsp3) is 0.400. The van der Waals surface area contributed by atoms with Crippen LogP contribution in [0.1, 0.15) is 25.0 Å². The highest BCUT2D eigenvalue weighted by Crippen LogP contribution is 2.44. The van der Waals surface area contributed by atoms with Gasteiger partial charge in [-0.15, -0.1) is 0 Å². The lowest BCUT2D eigenvalue weighted by atomic mass is 9.70. The minimum absolute atomic E-state index is 0.111. The second-order valence-electron chi connectivity index (χ2n) is 7.71. The van der Waals surface area contributed by atoms with Crippen LogP contribution in [0.5, 0.6) is 0 Å². The van der Waals surface area contributed by atoms with Crippen LogP contribution in [-0.4, -0.2) is 64.2 Å². The Kier molecular flexibility index (Phi) is 5.53. The number of aliphatic hydroxyl groups is 1. The average molecular weight is 523 g/mol. The molecule has 1 saturated heterocycles. The van der Waals surface area contributed by atoms with Crippen molar-refractivity contribution in [3.8, 4) is 11.3 Å². The van der Waals surface area contributed by atoms with E-state index in [4.69, 9.17) is 20.4 Å². The first-order valence-corrected chi connectivity index (χ1v) is 10.6. The van der Waals surface area contributed by atoms with E-state index in [1.54, 1.807) is 0 Å². The lowest BCUT2D eigenvalue weighted by molar-refractivity contribution is 0.0486. The summed E-state index contributed by atoms with van der Waals surface area (Å²) in [6, 6.07) is 6.05. The van der Waals surface area contributed by atoms with E-state index in [1.165, 1.54) is 11.2 Å². The monoisotopic (exact) mass is 523 g/mol. The number of fused-ring (bicyclic) bond motifs is 3. The van der Waals surface area contributed by atoms with E-state index in [9.17, 15) is 4.79 Å². The highest BCUT2D eigenvalue weighted by atomic mass is 127. The summed E-state index contributed by atoms with van der Waals surface area (Å²) in [6.45, 7) is 4.60. The molecule has 3 N–H and O–H groups in total. The zero-order valence-electron chi connectivity index (χ0n) is 16.6. The van der Waals surface area contributed by atoms with E-state index in [0.717, 1.165) is 26.0 Å². The van der Waals surface area contributed by atoms with Crippen LogP contribution in [0.4, 0.5) is 10.6 Å². The summed E-state index contributed by atoms with van der Waals surface area (Å²) in [7, 11) is 0. The molecule has 158 valence electrons. The molecule has 2 aromatic rings. The standard InChI is InChI=1S/C20H22IN5O4/c1-20(2)15-16(23-10-24-18(15)22)13-4-3-11(21)7-14(13)17(20)25-29-9-12-8-26(5-6-27)19(28)30-12/h3-4,7,10,12,27H,5-6,8-9H2,1-2H3,(H2,22,23,24)/b25-17+/t12-/m0/s1. The first-order valence-electron chi connectivity index (χ1n) is 9.51. The third kappa shape index (κ3) is 3.58. The Labute approximate surface area is 187 Å². The molecule has 4 rings (SSSR count). The van der Waals surface area contributed by atoms with Crippen LogP contribution in [0.25, 0.3) is 11.3 Å².